The highest BCUT2D eigenvalue weighted by Gasteiger charge is 2.23. The highest BCUT2D eigenvalue weighted by molar-refractivity contribution is 5.93. The zero-order valence-electron chi connectivity index (χ0n) is 10.7. The Morgan fingerprint density at radius 1 is 1.50 bits per heavy atom. The Kier molecular flexibility index (Phi) is 4.17. The van der Waals surface area contributed by atoms with Gasteiger partial charge in [0.25, 0.3) is 5.91 Å². The number of methoxy groups -OCH3 is 1. The third-order valence-electron chi connectivity index (χ3n) is 3.14. The molecule has 3 N–H and O–H groups in total. The minimum absolute atomic E-state index is 0.133. The predicted molar refractivity (Wildman–Crippen MR) is 69.7 cm³/mol. The third kappa shape index (κ3) is 2.63. The molecule has 2 aliphatic rings. The standard InChI is InChI=1S/C13H19N3O2/c1-14-12(17)11-4-3-10(13(16-11)18-2)9-5-7-15-8-6-9/h3-5,13,15-16H,6-8H2,1-2H3,(H,14,17). The second-order valence-electron chi connectivity index (χ2n) is 4.23. The van der Waals surface area contributed by atoms with E-state index < -0.39 is 0 Å². The molecule has 1 amide bonds. The molecule has 2 heterocycles. The molecular formula is C13H19N3O2. The van der Waals surface area contributed by atoms with Gasteiger partial charge < -0.3 is 20.7 Å². The summed E-state index contributed by atoms with van der Waals surface area (Å²) in [5, 5.41) is 8.97. The Morgan fingerprint density at radius 3 is 2.94 bits per heavy atom. The quantitative estimate of drug-likeness (QED) is 0.661. The van der Waals surface area contributed by atoms with Crippen molar-refractivity contribution in [1.82, 2.24) is 16.0 Å². The van der Waals surface area contributed by atoms with Crippen molar-refractivity contribution in [3.8, 4) is 0 Å². The maximum absolute atomic E-state index is 11.6. The fourth-order valence-corrected chi connectivity index (χ4v) is 2.15. The maximum Gasteiger partial charge on any atom is 0.267 e. The van der Waals surface area contributed by atoms with Crippen LogP contribution in [0.15, 0.2) is 35.1 Å². The van der Waals surface area contributed by atoms with E-state index in [9.17, 15) is 4.79 Å². The molecule has 0 aromatic carbocycles. The van der Waals surface area contributed by atoms with E-state index in [0.717, 1.165) is 25.1 Å². The lowest BCUT2D eigenvalue weighted by molar-refractivity contribution is -0.117. The first-order chi connectivity index (χ1) is 8.76. The van der Waals surface area contributed by atoms with Gasteiger partial charge in [0, 0.05) is 26.3 Å². The number of hydrogen-bond donors (Lipinski definition) is 3. The van der Waals surface area contributed by atoms with Crippen LogP contribution < -0.4 is 16.0 Å². The molecule has 98 valence electrons. The number of hydrogen-bond acceptors (Lipinski definition) is 4. The van der Waals surface area contributed by atoms with Crippen molar-refractivity contribution in [3.63, 3.8) is 0 Å². The van der Waals surface area contributed by atoms with Gasteiger partial charge in [0.1, 0.15) is 5.70 Å². The molecule has 0 aromatic rings. The Bertz CT molecular complexity index is 424. The normalized spacial score (nSPS) is 23.4. The summed E-state index contributed by atoms with van der Waals surface area (Å²) in [6, 6.07) is 0. The van der Waals surface area contributed by atoms with Crippen LogP contribution in [0, 0.1) is 0 Å². The second kappa shape index (κ2) is 5.84. The monoisotopic (exact) mass is 249 g/mol. The zero-order valence-corrected chi connectivity index (χ0v) is 10.7. The molecule has 5 nitrogen and oxygen atoms in total. The molecule has 18 heavy (non-hydrogen) atoms. The molecule has 0 fully saturated rings. The Hall–Kier alpha value is -1.59. The van der Waals surface area contributed by atoms with Gasteiger partial charge in [-0.3, -0.25) is 4.79 Å². The highest BCUT2D eigenvalue weighted by atomic mass is 16.5. The van der Waals surface area contributed by atoms with Crippen LogP contribution in [-0.2, 0) is 9.53 Å². The summed E-state index contributed by atoms with van der Waals surface area (Å²) in [5.74, 6) is -0.133. The van der Waals surface area contributed by atoms with E-state index in [1.54, 1.807) is 20.2 Å². The van der Waals surface area contributed by atoms with Crippen LogP contribution >= 0.6 is 0 Å². The summed E-state index contributed by atoms with van der Waals surface area (Å²) in [6.45, 7) is 1.86. The van der Waals surface area contributed by atoms with Crippen LogP contribution in [0.2, 0.25) is 0 Å². The largest absolute Gasteiger partial charge is 0.357 e. The summed E-state index contributed by atoms with van der Waals surface area (Å²) in [4.78, 5) is 11.6. The molecule has 0 aromatic heterocycles. The van der Waals surface area contributed by atoms with Crippen LogP contribution in [-0.4, -0.2) is 39.4 Å². The van der Waals surface area contributed by atoms with Gasteiger partial charge in [0.15, 0.2) is 6.23 Å². The van der Waals surface area contributed by atoms with Gasteiger partial charge in [-0.1, -0.05) is 12.2 Å². The number of carbonyl (C=O) groups excluding carboxylic acids is 1. The lowest BCUT2D eigenvalue weighted by Crippen LogP contribution is -2.40. The van der Waals surface area contributed by atoms with Gasteiger partial charge in [0.2, 0.25) is 0 Å². The molecule has 0 bridgehead atoms. The van der Waals surface area contributed by atoms with Crippen molar-refractivity contribution in [2.75, 3.05) is 27.2 Å². The molecule has 0 saturated carbocycles. The van der Waals surface area contributed by atoms with Crippen molar-refractivity contribution in [2.24, 2.45) is 0 Å². The van der Waals surface area contributed by atoms with Crippen LogP contribution in [0.3, 0.4) is 0 Å². The van der Waals surface area contributed by atoms with E-state index in [4.69, 9.17) is 4.74 Å². The van der Waals surface area contributed by atoms with Crippen molar-refractivity contribution >= 4 is 5.91 Å². The predicted octanol–water partition coefficient (Wildman–Crippen LogP) is 0.0381. The average Bonchev–Trinajstić information content (AvgIpc) is 2.46. The molecule has 1 unspecified atom stereocenters. The first kappa shape index (κ1) is 12.9. The lowest BCUT2D eigenvalue weighted by atomic mass is 9.96. The molecule has 5 heteroatoms. The van der Waals surface area contributed by atoms with Crippen molar-refractivity contribution < 1.29 is 9.53 Å². The van der Waals surface area contributed by atoms with Crippen LogP contribution in [0.1, 0.15) is 6.42 Å². The van der Waals surface area contributed by atoms with Crippen LogP contribution in [0.4, 0.5) is 0 Å². The van der Waals surface area contributed by atoms with Crippen LogP contribution in [0.5, 0.6) is 0 Å². The minimum atomic E-state index is -0.258. The summed E-state index contributed by atoms with van der Waals surface area (Å²) >= 11 is 0. The summed E-state index contributed by atoms with van der Waals surface area (Å²) < 4.78 is 5.42. The first-order valence-corrected chi connectivity index (χ1v) is 6.09. The number of dihydropyridines is 1. The topological polar surface area (TPSA) is 62.4 Å². The van der Waals surface area contributed by atoms with E-state index in [0.29, 0.717) is 5.70 Å². The third-order valence-corrected chi connectivity index (χ3v) is 3.14. The van der Waals surface area contributed by atoms with Crippen molar-refractivity contribution in [3.05, 3.63) is 35.1 Å². The first-order valence-electron chi connectivity index (χ1n) is 6.09. The second-order valence-corrected chi connectivity index (χ2v) is 4.23. The summed E-state index contributed by atoms with van der Waals surface area (Å²) in [5.41, 5.74) is 2.91. The Labute approximate surface area is 107 Å². The molecule has 0 saturated heterocycles. The van der Waals surface area contributed by atoms with E-state index in [1.807, 2.05) is 6.08 Å². The number of amides is 1. The van der Waals surface area contributed by atoms with E-state index in [1.165, 1.54) is 5.57 Å². The molecule has 1 atom stereocenters. The highest BCUT2D eigenvalue weighted by Crippen LogP contribution is 2.23. The number of carbonyl (C=O) groups is 1. The fraction of sp³-hybridized carbons (Fsp3) is 0.462. The van der Waals surface area contributed by atoms with Gasteiger partial charge in [0.05, 0.1) is 0 Å². The number of allylic oxidation sites excluding steroid dienone is 2. The number of nitrogens with one attached hydrogen (secondary N) is 3. The molecule has 2 aliphatic heterocycles. The molecular weight excluding hydrogens is 230 g/mol. The van der Waals surface area contributed by atoms with E-state index in [-0.39, 0.29) is 12.1 Å². The van der Waals surface area contributed by atoms with E-state index >= 15 is 0 Å². The Morgan fingerprint density at radius 2 is 2.33 bits per heavy atom. The number of likely N-dealkylation sites (N-methyl/N-ethyl adjacent to an activating group) is 1. The molecule has 0 spiro atoms. The number of rotatable bonds is 3. The van der Waals surface area contributed by atoms with Gasteiger partial charge in [-0.2, -0.15) is 0 Å². The number of ether oxygens (including phenoxy) is 1. The van der Waals surface area contributed by atoms with Gasteiger partial charge in [-0.25, -0.2) is 0 Å². The van der Waals surface area contributed by atoms with E-state index in [2.05, 4.69) is 22.0 Å². The maximum atomic E-state index is 11.6. The molecule has 0 aliphatic carbocycles. The average molecular weight is 249 g/mol. The molecule has 2 rings (SSSR count). The van der Waals surface area contributed by atoms with Crippen molar-refractivity contribution in [1.29, 1.82) is 0 Å². The summed E-state index contributed by atoms with van der Waals surface area (Å²) in [6.07, 6.45) is 6.66. The summed E-state index contributed by atoms with van der Waals surface area (Å²) in [7, 11) is 3.25. The smallest absolute Gasteiger partial charge is 0.267 e. The van der Waals surface area contributed by atoms with Crippen LogP contribution in [0.25, 0.3) is 0 Å². The van der Waals surface area contributed by atoms with Gasteiger partial charge in [-0.15, -0.1) is 0 Å². The lowest BCUT2D eigenvalue weighted by Gasteiger charge is -2.28. The minimum Gasteiger partial charge on any atom is -0.357 e. The van der Waals surface area contributed by atoms with Gasteiger partial charge in [-0.05, 0) is 24.6 Å². The fourth-order valence-electron chi connectivity index (χ4n) is 2.15. The zero-order chi connectivity index (χ0) is 13.0. The SMILES string of the molecule is CNC(=O)C1=CC=C(C2=CCNCC2)C(OC)N1. The molecule has 0 radical (unpaired) electrons. The van der Waals surface area contributed by atoms with Gasteiger partial charge >= 0.3 is 0 Å². The van der Waals surface area contributed by atoms with Crippen molar-refractivity contribution in [2.45, 2.75) is 12.6 Å². The Balaban J connectivity index is 2.22.